The Hall–Kier alpha value is -3.65. The first-order valence-electron chi connectivity index (χ1n) is 8.35. The molecule has 2 amide bonds. The Kier molecular flexibility index (Phi) is 6.37. The van der Waals surface area contributed by atoms with Crippen LogP contribution in [0.25, 0.3) is 6.08 Å². The van der Waals surface area contributed by atoms with E-state index in [1.807, 2.05) is 0 Å². The molecule has 2 aromatic heterocycles. The predicted octanol–water partition coefficient (Wildman–Crippen LogP) is 3.33. The van der Waals surface area contributed by atoms with Crippen LogP contribution < -0.4 is 16.0 Å². The number of furan rings is 2. The van der Waals surface area contributed by atoms with Gasteiger partial charge in [-0.05, 0) is 54.7 Å². The highest BCUT2D eigenvalue weighted by Gasteiger charge is 2.12. The van der Waals surface area contributed by atoms with Gasteiger partial charge in [0.25, 0.3) is 5.91 Å². The Morgan fingerprint density at radius 3 is 2.54 bits per heavy atom. The van der Waals surface area contributed by atoms with Crippen LogP contribution in [0.4, 0.5) is 5.69 Å². The average molecular weight is 395 g/mol. The van der Waals surface area contributed by atoms with Crippen molar-refractivity contribution in [2.24, 2.45) is 0 Å². The zero-order valence-electron chi connectivity index (χ0n) is 14.7. The molecule has 2 heterocycles. The Balaban J connectivity index is 1.58. The maximum Gasteiger partial charge on any atom is 0.253 e. The van der Waals surface area contributed by atoms with Crippen LogP contribution in [0, 0.1) is 0 Å². The summed E-state index contributed by atoms with van der Waals surface area (Å²) in [6, 6.07) is 13.8. The van der Waals surface area contributed by atoms with Crippen LogP contribution in [0.3, 0.4) is 0 Å². The number of benzene rings is 1. The molecule has 7 nitrogen and oxygen atoms in total. The van der Waals surface area contributed by atoms with Gasteiger partial charge in [0, 0.05) is 6.08 Å². The van der Waals surface area contributed by atoms with Crippen LogP contribution in [0.2, 0.25) is 0 Å². The van der Waals surface area contributed by atoms with Crippen LogP contribution in [0.1, 0.15) is 21.9 Å². The summed E-state index contributed by atoms with van der Waals surface area (Å²) in [5, 5.41) is 8.22. The van der Waals surface area contributed by atoms with Gasteiger partial charge in [-0.15, -0.1) is 0 Å². The maximum atomic E-state index is 12.5. The molecule has 0 atom stereocenters. The van der Waals surface area contributed by atoms with Gasteiger partial charge in [0.2, 0.25) is 5.91 Å². The first-order valence-corrected chi connectivity index (χ1v) is 8.76. The van der Waals surface area contributed by atoms with E-state index in [4.69, 9.17) is 21.1 Å². The normalized spacial score (nSPS) is 10.6. The van der Waals surface area contributed by atoms with Gasteiger partial charge < -0.3 is 19.5 Å². The summed E-state index contributed by atoms with van der Waals surface area (Å²) in [7, 11) is 0. The lowest BCUT2D eigenvalue weighted by Gasteiger charge is -2.12. The lowest BCUT2D eigenvalue weighted by Crippen LogP contribution is -2.33. The van der Waals surface area contributed by atoms with Gasteiger partial charge in [-0.25, -0.2) is 0 Å². The SMILES string of the molecule is O=C(/C=C\c1ccco1)NC(=S)Nc1ccccc1C(=O)NCc1ccco1. The molecule has 8 heteroatoms. The van der Waals surface area contributed by atoms with Gasteiger partial charge in [-0.1, -0.05) is 12.1 Å². The summed E-state index contributed by atoms with van der Waals surface area (Å²) in [5.41, 5.74) is 0.858. The molecular formula is C20H17N3O4S. The van der Waals surface area contributed by atoms with Crippen molar-refractivity contribution >= 4 is 40.9 Å². The molecule has 0 saturated heterocycles. The zero-order chi connectivity index (χ0) is 19.8. The summed E-state index contributed by atoms with van der Waals surface area (Å²) < 4.78 is 10.3. The number of hydrogen-bond acceptors (Lipinski definition) is 5. The van der Waals surface area contributed by atoms with Crippen LogP contribution in [0.5, 0.6) is 0 Å². The van der Waals surface area contributed by atoms with E-state index in [1.165, 1.54) is 18.4 Å². The number of para-hydroxylation sites is 1. The number of nitrogens with one attached hydrogen (secondary N) is 3. The Morgan fingerprint density at radius 2 is 1.79 bits per heavy atom. The van der Waals surface area contributed by atoms with E-state index in [9.17, 15) is 9.59 Å². The van der Waals surface area contributed by atoms with Gasteiger partial charge in [-0.2, -0.15) is 0 Å². The molecule has 0 fully saturated rings. The van der Waals surface area contributed by atoms with Crippen molar-refractivity contribution in [2.75, 3.05) is 5.32 Å². The molecule has 0 bridgehead atoms. The first kappa shape index (κ1) is 19.1. The third-order valence-electron chi connectivity index (χ3n) is 3.60. The molecule has 0 aliphatic carbocycles. The number of carbonyl (C=O) groups excluding carboxylic acids is 2. The van der Waals surface area contributed by atoms with Crippen molar-refractivity contribution < 1.29 is 18.4 Å². The molecule has 0 unspecified atom stereocenters. The second kappa shape index (κ2) is 9.33. The Bertz CT molecular complexity index is 979. The monoisotopic (exact) mass is 395 g/mol. The van der Waals surface area contributed by atoms with Crippen LogP contribution >= 0.6 is 12.2 Å². The van der Waals surface area contributed by atoms with E-state index < -0.39 is 5.91 Å². The molecule has 0 radical (unpaired) electrons. The topological polar surface area (TPSA) is 96.5 Å². The van der Waals surface area contributed by atoms with E-state index >= 15 is 0 Å². The number of anilines is 1. The van der Waals surface area contributed by atoms with E-state index in [0.29, 0.717) is 22.8 Å². The number of carbonyl (C=O) groups is 2. The van der Waals surface area contributed by atoms with E-state index in [0.717, 1.165) is 0 Å². The van der Waals surface area contributed by atoms with Crippen LogP contribution in [0.15, 0.2) is 76.0 Å². The summed E-state index contributed by atoms with van der Waals surface area (Å²) in [6.45, 7) is 0.263. The third-order valence-corrected chi connectivity index (χ3v) is 3.81. The lowest BCUT2D eigenvalue weighted by atomic mass is 10.1. The second-order valence-electron chi connectivity index (χ2n) is 5.60. The zero-order valence-corrected chi connectivity index (χ0v) is 15.5. The van der Waals surface area contributed by atoms with Crippen molar-refractivity contribution in [2.45, 2.75) is 6.54 Å². The summed E-state index contributed by atoms with van der Waals surface area (Å²) in [5.74, 6) is 0.470. The molecule has 0 spiro atoms. The molecule has 0 saturated carbocycles. The fourth-order valence-corrected chi connectivity index (χ4v) is 2.53. The highest BCUT2D eigenvalue weighted by molar-refractivity contribution is 7.80. The molecule has 3 rings (SSSR count). The van der Waals surface area contributed by atoms with E-state index in [-0.39, 0.29) is 17.6 Å². The standard InChI is InChI=1S/C20H17N3O4S/c24-18(10-9-14-5-3-11-26-14)23-20(28)22-17-8-2-1-7-16(17)19(25)21-13-15-6-4-12-27-15/h1-12H,13H2,(H,21,25)(H2,22,23,24,28)/b10-9-. The summed E-state index contributed by atoms with van der Waals surface area (Å²) in [4.78, 5) is 24.4. The summed E-state index contributed by atoms with van der Waals surface area (Å²) in [6.07, 6.45) is 5.87. The van der Waals surface area contributed by atoms with Crippen molar-refractivity contribution in [1.29, 1.82) is 0 Å². The first-order chi connectivity index (χ1) is 13.6. The van der Waals surface area contributed by atoms with Crippen molar-refractivity contribution in [3.8, 4) is 0 Å². The minimum absolute atomic E-state index is 0.0698. The van der Waals surface area contributed by atoms with Gasteiger partial charge in [0.15, 0.2) is 5.11 Å². The highest BCUT2D eigenvalue weighted by Crippen LogP contribution is 2.15. The number of rotatable bonds is 6. The molecular weight excluding hydrogens is 378 g/mol. The fourth-order valence-electron chi connectivity index (χ4n) is 2.32. The molecule has 0 aliphatic rings. The molecule has 3 aromatic rings. The maximum absolute atomic E-state index is 12.5. The minimum Gasteiger partial charge on any atom is -0.467 e. The Labute approximate surface area is 166 Å². The number of amides is 2. The second-order valence-corrected chi connectivity index (χ2v) is 6.01. The third kappa shape index (κ3) is 5.42. The molecule has 3 N–H and O–H groups in total. The molecule has 28 heavy (non-hydrogen) atoms. The largest absolute Gasteiger partial charge is 0.467 e. The van der Waals surface area contributed by atoms with Gasteiger partial charge in [0.05, 0.1) is 30.3 Å². The van der Waals surface area contributed by atoms with E-state index in [2.05, 4.69) is 16.0 Å². The highest BCUT2D eigenvalue weighted by atomic mass is 32.1. The predicted molar refractivity (Wildman–Crippen MR) is 108 cm³/mol. The molecule has 1 aromatic carbocycles. The lowest BCUT2D eigenvalue weighted by molar-refractivity contribution is -0.115. The van der Waals surface area contributed by atoms with Gasteiger partial charge >= 0.3 is 0 Å². The quantitative estimate of drug-likeness (QED) is 0.438. The molecule has 0 aliphatic heterocycles. The number of thiocarbonyl (C=S) groups is 1. The summed E-state index contributed by atoms with van der Waals surface area (Å²) >= 11 is 5.16. The van der Waals surface area contributed by atoms with Gasteiger partial charge in [0.1, 0.15) is 11.5 Å². The Morgan fingerprint density at radius 1 is 1.00 bits per heavy atom. The van der Waals surface area contributed by atoms with Crippen molar-refractivity contribution in [1.82, 2.24) is 10.6 Å². The van der Waals surface area contributed by atoms with Crippen LogP contribution in [-0.4, -0.2) is 16.9 Å². The fraction of sp³-hybridized carbons (Fsp3) is 0.0500. The van der Waals surface area contributed by atoms with Crippen molar-refractivity contribution in [3.05, 3.63) is 84.2 Å². The average Bonchev–Trinajstić information content (AvgIpc) is 3.38. The minimum atomic E-state index is -0.423. The smallest absolute Gasteiger partial charge is 0.253 e. The number of hydrogen-bond donors (Lipinski definition) is 3. The van der Waals surface area contributed by atoms with Crippen molar-refractivity contribution in [3.63, 3.8) is 0 Å². The molecule has 142 valence electrons. The van der Waals surface area contributed by atoms with E-state index in [1.54, 1.807) is 54.8 Å². The van der Waals surface area contributed by atoms with Gasteiger partial charge in [-0.3, -0.25) is 14.9 Å². The van der Waals surface area contributed by atoms with Crippen LogP contribution in [-0.2, 0) is 11.3 Å².